The van der Waals surface area contributed by atoms with Gasteiger partial charge in [-0.2, -0.15) is 0 Å². The van der Waals surface area contributed by atoms with Crippen LogP contribution in [0.5, 0.6) is 0 Å². The molecule has 0 saturated carbocycles. The van der Waals surface area contributed by atoms with Crippen molar-refractivity contribution < 1.29 is 14.8 Å². The maximum absolute atomic E-state index is 12.6. The van der Waals surface area contributed by atoms with Crippen molar-refractivity contribution in [1.29, 1.82) is 0 Å². The van der Waals surface area contributed by atoms with Crippen LogP contribution in [0.25, 0.3) is 0 Å². The van der Waals surface area contributed by atoms with Crippen LogP contribution in [0, 0.1) is 10.1 Å². The van der Waals surface area contributed by atoms with E-state index in [0.717, 1.165) is 11.1 Å². The molecule has 0 saturated heterocycles. The van der Waals surface area contributed by atoms with Crippen molar-refractivity contribution in [1.82, 2.24) is 4.90 Å². The van der Waals surface area contributed by atoms with E-state index < -0.39 is 10.5 Å². The lowest BCUT2D eigenvalue weighted by atomic mass is 9.91. The maximum Gasteiger partial charge on any atom is 0.269 e. The first-order chi connectivity index (χ1) is 11.9. The van der Waals surface area contributed by atoms with E-state index >= 15 is 0 Å². The van der Waals surface area contributed by atoms with E-state index in [2.05, 4.69) is 0 Å². The fourth-order valence-electron chi connectivity index (χ4n) is 3.18. The van der Waals surface area contributed by atoms with Crippen molar-refractivity contribution in [2.75, 3.05) is 6.54 Å². The molecule has 3 rings (SSSR count). The number of nitrogens with zero attached hydrogens (tertiary/aromatic N) is 2. The second-order valence-corrected chi connectivity index (χ2v) is 6.59. The summed E-state index contributed by atoms with van der Waals surface area (Å²) in [5.74, 6) is -0.161. The summed E-state index contributed by atoms with van der Waals surface area (Å²) in [7, 11) is 0. The molecular formula is C19H20N2O4. The lowest BCUT2D eigenvalue weighted by Gasteiger charge is -2.32. The molecule has 1 heterocycles. The van der Waals surface area contributed by atoms with Gasteiger partial charge in [-0.3, -0.25) is 14.9 Å². The first kappa shape index (κ1) is 17.1. The van der Waals surface area contributed by atoms with Crippen molar-refractivity contribution in [3.63, 3.8) is 0 Å². The van der Waals surface area contributed by atoms with Crippen molar-refractivity contribution in [3.8, 4) is 0 Å². The number of non-ortho nitro benzene ring substituents is 1. The van der Waals surface area contributed by atoms with E-state index in [0.29, 0.717) is 25.1 Å². The average molecular weight is 340 g/mol. The van der Waals surface area contributed by atoms with E-state index in [4.69, 9.17) is 0 Å². The highest BCUT2D eigenvalue weighted by atomic mass is 16.6. The van der Waals surface area contributed by atoms with Gasteiger partial charge in [0.15, 0.2) is 0 Å². The topological polar surface area (TPSA) is 83.7 Å². The number of hydrogen-bond acceptors (Lipinski definition) is 4. The highest BCUT2D eigenvalue weighted by Gasteiger charge is 2.30. The Morgan fingerprint density at radius 1 is 1.24 bits per heavy atom. The summed E-state index contributed by atoms with van der Waals surface area (Å²) in [6.45, 7) is 2.51. The number of carbonyl (C=O) groups excluding carboxylic acids is 1. The van der Waals surface area contributed by atoms with E-state index in [1.807, 2.05) is 18.2 Å². The second-order valence-electron chi connectivity index (χ2n) is 6.59. The molecule has 6 nitrogen and oxygen atoms in total. The normalized spacial score (nSPS) is 16.0. The van der Waals surface area contributed by atoms with Crippen LogP contribution in [-0.2, 0) is 23.4 Å². The number of nitro groups is 1. The van der Waals surface area contributed by atoms with Crippen molar-refractivity contribution >= 4 is 11.6 Å². The Hall–Kier alpha value is -2.73. The molecule has 6 heteroatoms. The number of nitro benzene ring substituents is 1. The molecular weight excluding hydrogens is 320 g/mol. The zero-order valence-corrected chi connectivity index (χ0v) is 14.0. The van der Waals surface area contributed by atoms with Crippen molar-refractivity contribution in [2.45, 2.75) is 31.9 Å². The van der Waals surface area contributed by atoms with Gasteiger partial charge in [-0.1, -0.05) is 36.4 Å². The lowest BCUT2D eigenvalue weighted by molar-refractivity contribution is -0.385. The molecule has 0 spiro atoms. The Labute approximate surface area is 145 Å². The molecule has 0 aliphatic carbocycles. The van der Waals surface area contributed by atoms with Gasteiger partial charge >= 0.3 is 0 Å². The number of amides is 1. The number of fused-ring (bicyclic) bond motifs is 1. The number of hydrogen-bond donors (Lipinski definition) is 1. The van der Waals surface area contributed by atoms with E-state index in [1.54, 1.807) is 30.0 Å². The van der Waals surface area contributed by atoms with Gasteiger partial charge in [-0.05, 0) is 30.0 Å². The van der Waals surface area contributed by atoms with Crippen LogP contribution >= 0.6 is 0 Å². The minimum atomic E-state index is -1.25. The molecule has 1 aliphatic rings. The lowest BCUT2D eigenvalue weighted by Crippen LogP contribution is -2.39. The third-order valence-electron chi connectivity index (χ3n) is 4.66. The van der Waals surface area contributed by atoms with Crippen LogP contribution in [0.15, 0.2) is 48.5 Å². The summed E-state index contributed by atoms with van der Waals surface area (Å²) in [4.78, 5) is 24.8. The first-order valence-electron chi connectivity index (χ1n) is 8.19. The summed E-state index contributed by atoms with van der Waals surface area (Å²) in [5.41, 5.74) is 1.31. The summed E-state index contributed by atoms with van der Waals surface area (Å²) in [6, 6.07) is 13.9. The third kappa shape index (κ3) is 3.69. The number of carbonyl (C=O) groups is 1. The third-order valence-corrected chi connectivity index (χ3v) is 4.66. The van der Waals surface area contributed by atoms with Crippen molar-refractivity contribution in [2.24, 2.45) is 0 Å². The van der Waals surface area contributed by atoms with Gasteiger partial charge in [0.05, 0.1) is 16.9 Å². The van der Waals surface area contributed by atoms with Crippen LogP contribution < -0.4 is 0 Å². The predicted molar refractivity (Wildman–Crippen MR) is 92.8 cm³/mol. The minimum Gasteiger partial charge on any atom is -0.385 e. The molecule has 1 N–H and O–H groups in total. The molecule has 0 bridgehead atoms. The van der Waals surface area contributed by atoms with E-state index in [1.165, 1.54) is 12.1 Å². The van der Waals surface area contributed by atoms with Crippen LogP contribution in [0.2, 0.25) is 0 Å². The highest BCUT2D eigenvalue weighted by molar-refractivity contribution is 5.78. The molecule has 2 aromatic carbocycles. The molecule has 25 heavy (non-hydrogen) atoms. The largest absolute Gasteiger partial charge is 0.385 e. The molecule has 2 aromatic rings. The quantitative estimate of drug-likeness (QED) is 0.685. The van der Waals surface area contributed by atoms with Gasteiger partial charge in [0.1, 0.15) is 0 Å². The van der Waals surface area contributed by atoms with Gasteiger partial charge in [0, 0.05) is 25.2 Å². The fourth-order valence-corrected chi connectivity index (χ4v) is 3.18. The Kier molecular flexibility index (Phi) is 4.55. The molecule has 0 unspecified atom stereocenters. The highest BCUT2D eigenvalue weighted by Crippen LogP contribution is 2.28. The number of benzene rings is 2. The Balaban J connectivity index is 1.74. The molecule has 0 aromatic heterocycles. The second kappa shape index (κ2) is 6.64. The zero-order valence-electron chi connectivity index (χ0n) is 14.0. The summed E-state index contributed by atoms with van der Waals surface area (Å²) in [6.07, 6.45) is 0.633. The SMILES string of the molecule is C[C@@](O)(CC(=O)N1CCc2ccc([N+](=O)[O-])cc2C1)c1ccccc1. The minimum absolute atomic E-state index is 0.0265. The van der Waals surface area contributed by atoms with Gasteiger partial charge in [0.25, 0.3) is 5.69 Å². The standard InChI is InChI=1S/C19H20N2O4/c1-19(23,16-5-3-2-4-6-16)12-18(22)20-10-9-14-7-8-17(21(24)25)11-15(14)13-20/h2-8,11,23H,9-10,12-13H2,1H3/t19-/m1/s1. The molecule has 0 fully saturated rings. The molecule has 130 valence electrons. The summed E-state index contributed by atoms with van der Waals surface area (Å²) >= 11 is 0. The molecule has 1 atom stereocenters. The van der Waals surface area contributed by atoms with E-state index in [-0.39, 0.29) is 18.0 Å². The predicted octanol–water partition coefficient (Wildman–Crippen LogP) is 2.78. The fraction of sp³-hybridized carbons (Fsp3) is 0.316. The molecule has 1 aliphatic heterocycles. The Morgan fingerprint density at radius 3 is 2.64 bits per heavy atom. The van der Waals surface area contributed by atoms with Gasteiger partial charge < -0.3 is 10.0 Å². The maximum atomic E-state index is 12.6. The Morgan fingerprint density at radius 2 is 1.96 bits per heavy atom. The zero-order chi connectivity index (χ0) is 18.0. The van der Waals surface area contributed by atoms with E-state index in [9.17, 15) is 20.0 Å². The number of rotatable bonds is 4. The van der Waals surface area contributed by atoms with Gasteiger partial charge in [-0.15, -0.1) is 0 Å². The first-order valence-corrected chi connectivity index (χ1v) is 8.19. The number of aliphatic hydroxyl groups is 1. The average Bonchev–Trinajstić information content (AvgIpc) is 2.61. The Bertz CT molecular complexity index is 802. The van der Waals surface area contributed by atoms with Crippen LogP contribution in [-0.4, -0.2) is 27.4 Å². The van der Waals surface area contributed by atoms with Crippen LogP contribution in [0.3, 0.4) is 0 Å². The monoisotopic (exact) mass is 340 g/mol. The molecule has 0 radical (unpaired) electrons. The van der Waals surface area contributed by atoms with Crippen LogP contribution in [0.4, 0.5) is 5.69 Å². The summed E-state index contributed by atoms with van der Waals surface area (Å²) in [5, 5.41) is 21.6. The van der Waals surface area contributed by atoms with Crippen molar-refractivity contribution in [3.05, 3.63) is 75.3 Å². The molecule has 1 amide bonds. The smallest absolute Gasteiger partial charge is 0.269 e. The van der Waals surface area contributed by atoms with Gasteiger partial charge in [-0.25, -0.2) is 0 Å². The van der Waals surface area contributed by atoms with Gasteiger partial charge in [0.2, 0.25) is 5.91 Å². The van der Waals surface area contributed by atoms with Crippen LogP contribution in [0.1, 0.15) is 30.0 Å². The summed E-state index contributed by atoms with van der Waals surface area (Å²) < 4.78 is 0.